The van der Waals surface area contributed by atoms with E-state index in [1.807, 2.05) is 22.1 Å². The van der Waals surface area contributed by atoms with E-state index in [-0.39, 0.29) is 0 Å². The van der Waals surface area contributed by atoms with Gasteiger partial charge in [0.25, 0.3) is 0 Å². The molecule has 13 heavy (non-hydrogen) atoms. The molecule has 70 valence electrons. The summed E-state index contributed by atoms with van der Waals surface area (Å²) in [7, 11) is 0. The highest BCUT2D eigenvalue weighted by Crippen LogP contribution is 2.39. The van der Waals surface area contributed by atoms with Gasteiger partial charge in [-0.3, -0.25) is 0 Å². The molecule has 1 heterocycles. The van der Waals surface area contributed by atoms with Crippen molar-refractivity contribution in [3.05, 3.63) is 28.7 Å². The molecular weight excluding hydrogens is 448 g/mol. The smallest absolute Gasteiger partial charge is 0.0504 e. The van der Waals surface area contributed by atoms with Gasteiger partial charge >= 0.3 is 0 Å². The quantitative estimate of drug-likeness (QED) is 0.517. The second kappa shape index (κ2) is 5.85. The molecule has 0 aliphatic carbocycles. The van der Waals surface area contributed by atoms with Gasteiger partial charge in [-0.25, -0.2) is 0 Å². The zero-order chi connectivity index (χ0) is 9.84. The minimum Gasteiger partial charge on any atom is -0.134 e. The van der Waals surface area contributed by atoms with Gasteiger partial charge in [0, 0.05) is 9.75 Å². The van der Waals surface area contributed by atoms with Crippen molar-refractivity contribution >= 4 is 87.2 Å². The molecule has 0 amide bonds. The number of hydrogen-bond acceptors (Lipinski definition) is 1. The van der Waals surface area contributed by atoms with Crippen LogP contribution < -0.4 is 0 Å². The molecule has 0 N–H and O–H groups in total. The Labute approximate surface area is 115 Å². The lowest BCUT2D eigenvalue weighted by Crippen LogP contribution is -1.62. The van der Waals surface area contributed by atoms with E-state index < -0.39 is 0 Å². The average Bonchev–Trinajstić information content (AvgIpc) is 2.36. The van der Waals surface area contributed by atoms with Crippen molar-refractivity contribution in [2.24, 2.45) is 0 Å². The molecule has 0 aliphatic rings. The monoisotopic (exact) mass is 448 g/mol. The lowest BCUT2D eigenvalue weighted by molar-refractivity contribution is 1.73. The van der Waals surface area contributed by atoms with Crippen LogP contribution in [0.15, 0.2) is 18.9 Å². The molecule has 0 aliphatic heterocycles. The number of rotatable bonds is 2. The van der Waals surface area contributed by atoms with Crippen LogP contribution in [0.3, 0.4) is 0 Å². The fraction of sp³-hybridized carbons (Fsp3) is 0. The lowest BCUT2D eigenvalue weighted by atomic mass is 10.4. The molecule has 0 unspecified atom stereocenters. The van der Waals surface area contributed by atoms with E-state index in [9.17, 15) is 0 Å². The summed E-state index contributed by atoms with van der Waals surface area (Å²) in [5.41, 5.74) is 0. The summed E-state index contributed by atoms with van der Waals surface area (Å²) in [6, 6.07) is 0. The van der Waals surface area contributed by atoms with Gasteiger partial charge in [0.05, 0.1) is 8.95 Å². The van der Waals surface area contributed by atoms with Crippen molar-refractivity contribution in [2.75, 3.05) is 0 Å². The number of thiophene rings is 1. The Kier molecular flexibility index (Phi) is 5.48. The van der Waals surface area contributed by atoms with Crippen molar-refractivity contribution < 1.29 is 0 Å². The van der Waals surface area contributed by atoms with Gasteiger partial charge < -0.3 is 0 Å². The van der Waals surface area contributed by atoms with Gasteiger partial charge in [0.2, 0.25) is 0 Å². The maximum atomic E-state index is 3.51. The van der Waals surface area contributed by atoms with Gasteiger partial charge in [-0.05, 0) is 54.0 Å². The van der Waals surface area contributed by atoms with Crippen LogP contribution in [0.1, 0.15) is 9.75 Å². The molecule has 1 aromatic heterocycles. The van der Waals surface area contributed by atoms with E-state index in [1.54, 1.807) is 11.3 Å². The third-order valence-electron chi connectivity index (χ3n) is 1.27. The summed E-state index contributed by atoms with van der Waals surface area (Å²) >= 11 is 15.2. The summed E-state index contributed by atoms with van der Waals surface area (Å²) in [6.45, 7) is 0. The Morgan fingerprint density at radius 1 is 0.846 bits per heavy atom. The van der Waals surface area contributed by atoms with Gasteiger partial charge in [-0.2, -0.15) is 0 Å². The molecule has 0 nitrogen and oxygen atoms in total. The molecule has 0 aromatic carbocycles. The largest absolute Gasteiger partial charge is 0.134 e. The molecule has 0 spiro atoms. The Morgan fingerprint density at radius 2 is 1.23 bits per heavy atom. The zero-order valence-corrected chi connectivity index (χ0v) is 13.4. The zero-order valence-electron chi connectivity index (χ0n) is 6.23. The fourth-order valence-electron chi connectivity index (χ4n) is 0.753. The van der Waals surface area contributed by atoms with Crippen LogP contribution in [-0.2, 0) is 0 Å². The van der Waals surface area contributed by atoms with Crippen LogP contribution in [0.4, 0.5) is 0 Å². The topological polar surface area (TPSA) is 0 Å². The van der Waals surface area contributed by atoms with Crippen LogP contribution >= 0.6 is 75.1 Å². The maximum absolute atomic E-state index is 3.51. The fourth-order valence-corrected chi connectivity index (χ4v) is 3.96. The van der Waals surface area contributed by atoms with Crippen LogP contribution in [0.25, 0.3) is 12.2 Å². The molecule has 5 heteroatoms. The van der Waals surface area contributed by atoms with Gasteiger partial charge in [0.15, 0.2) is 0 Å². The van der Waals surface area contributed by atoms with E-state index in [1.165, 1.54) is 9.75 Å². The molecule has 0 fully saturated rings. The van der Waals surface area contributed by atoms with E-state index in [0.29, 0.717) is 0 Å². The van der Waals surface area contributed by atoms with E-state index in [0.717, 1.165) is 8.95 Å². The van der Waals surface area contributed by atoms with E-state index in [4.69, 9.17) is 0 Å². The molecule has 1 rings (SSSR count). The van der Waals surface area contributed by atoms with Crippen molar-refractivity contribution in [3.63, 3.8) is 0 Å². The lowest BCUT2D eigenvalue weighted by Gasteiger charge is -1.86. The molecule has 0 bridgehead atoms. The van der Waals surface area contributed by atoms with Crippen LogP contribution in [-0.4, -0.2) is 0 Å². The van der Waals surface area contributed by atoms with E-state index in [2.05, 4.69) is 63.7 Å². The third-order valence-corrected chi connectivity index (χ3v) is 5.63. The summed E-state index contributed by atoms with van der Waals surface area (Å²) in [5.74, 6) is 0. The summed E-state index contributed by atoms with van der Waals surface area (Å²) in [4.78, 5) is 6.06. The van der Waals surface area contributed by atoms with Crippen LogP contribution in [0, 0.1) is 0 Å². The summed E-state index contributed by atoms with van der Waals surface area (Å²) in [5, 5.41) is 0. The number of halogens is 4. The molecule has 0 saturated heterocycles. The molecular formula is C8H4Br4S. The highest BCUT2D eigenvalue weighted by atomic mass is 79.9. The van der Waals surface area contributed by atoms with Crippen molar-refractivity contribution in [3.8, 4) is 0 Å². The third kappa shape index (κ3) is 3.02. The van der Waals surface area contributed by atoms with Gasteiger partial charge in [-0.1, -0.05) is 31.9 Å². The molecule has 0 saturated carbocycles. The van der Waals surface area contributed by atoms with Gasteiger partial charge in [0.1, 0.15) is 0 Å². The molecule has 0 atom stereocenters. The number of hydrogen-bond donors (Lipinski definition) is 0. The Bertz CT molecular complexity index is 319. The minimum atomic E-state index is 1.09. The maximum Gasteiger partial charge on any atom is 0.0504 e. The second-order valence-corrected chi connectivity index (χ2v) is 5.77. The SMILES string of the molecule is Br/C=C\c1sc(/C=C\Br)c(Br)c1Br. The minimum absolute atomic E-state index is 1.09. The summed E-state index contributed by atoms with van der Waals surface area (Å²) in [6.07, 6.45) is 4.01. The molecule has 0 radical (unpaired) electrons. The molecule has 1 aromatic rings. The van der Waals surface area contributed by atoms with Crippen LogP contribution in [0.5, 0.6) is 0 Å². The highest BCUT2D eigenvalue weighted by molar-refractivity contribution is 9.13. The predicted molar refractivity (Wildman–Crippen MR) is 75.6 cm³/mol. The first-order chi connectivity index (χ1) is 6.20. The normalized spacial score (nSPS) is 12.0. The Balaban J connectivity index is 3.19. The second-order valence-electron chi connectivity index (χ2n) is 2.04. The first-order valence-corrected chi connectivity index (χ1v) is 7.45. The van der Waals surface area contributed by atoms with Crippen molar-refractivity contribution in [1.29, 1.82) is 0 Å². The average molecular weight is 452 g/mol. The first-order valence-electron chi connectivity index (χ1n) is 3.22. The van der Waals surface area contributed by atoms with Crippen LogP contribution in [0.2, 0.25) is 0 Å². The first kappa shape index (κ1) is 12.2. The predicted octanol–water partition coefficient (Wildman–Crippen LogP) is 6.00. The summed E-state index contributed by atoms with van der Waals surface area (Å²) < 4.78 is 2.18. The van der Waals surface area contributed by atoms with Gasteiger partial charge in [-0.15, -0.1) is 11.3 Å². The van der Waals surface area contributed by atoms with E-state index >= 15 is 0 Å². The van der Waals surface area contributed by atoms with Crippen molar-refractivity contribution in [1.82, 2.24) is 0 Å². The standard InChI is InChI=1S/C8H4Br4S/c9-3-1-5-7(11)8(12)6(13-5)2-4-10/h1-4H/b3-1-,4-2-. The highest BCUT2D eigenvalue weighted by Gasteiger charge is 2.09. The Hall–Kier alpha value is 1.10. The Morgan fingerprint density at radius 3 is 1.54 bits per heavy atom. The van der Waals surface area contributed by atoms with Crippen molar-refractivity contribution in [2.45, 2.75) is 0 Å².